The van der Waals surface area contributed by atoms with E-state index in [4.69, 9.17) is 5.73 Å². The molecule has 1 unspecified atom stereocenters. The fourth-order valence-electron chi connectivity index (χ4n) is 2.01. The summed E-state index contributed by atoms with van der Waals surface area (Å²) in [5.41, 5.74) is 7.68. The van der Waals surface area contributed by atoms with E-state index in [1.54, 1.807) is 0 Å². The van der Waals surface area contributed by atoms with Crippen LogP contribution in [-0.4, -0.2) is 6.04 Å². The van der Waals surface area contributed by atoms with Gasteiger partial charge in [0.15, 0.2) is 0 Å². The van der Waals surface area contributed by atoms with E-state index >= 15 is 0 Å². The second-order valence-corrected chi connectivity index (χ2v) is 4.72. The topological polar surface area (TPSA) is 38.0 Å². The van der Waals surface area contributed by atoms with Gasteiger partial charge in [-0.05, 0) is 37.1 Å². The number of nitrogen functional groups attached to an aromatic ring is 1. The summed E-state index contributed by atoms with van der Waals surface area (Å²) in [4.78, 5) is 0. The molecule has 1 aromatic rings. The van der Waals surface area contributed by atoms with E-state index in [0.29, 0.717) is 6.04 Å². The summed E-state index contributed by atoms with van der Waals surface area (Å²) in [6.45, 7) is 4.50. The number of nitrogens with one attached hydrogen (secondary N) is 1. The number of rotatable bonds is 8. The molecule has 0 aliphatic rings. The third-order valence-corrected chi connectivity index (χ3v) is 3.18. The summed E-state index contributed by atoms with van der Waals surface area (Å²) in [5.74, 6) is 0. The van der Waals surface area contributed by atoms with Gasteiger partial charge in [-0.25, -0.2) is 0 Å². The predicted molar refractivity (Wildman–Crippen MR) is 77.3 cm³/mol. The Balaban J connectivity index is 2.33. The zero-order valence-electron chi connectivity index (χ0n) is 11.2. The fraction of sp³-hybridized carbons (Fsp3) is 0.600. The van der Waals surface area contributed by atoms with Gasteiger partial charge < -0.3 is 11.1 Å². The lowest BCUT2D eigenvalue weighted by atomic mass is 10.0. The standard InChI is InChI=1S/C15H26N2/c1-3-5-6-7-8-14(4-2)17-15-11-9-13(16)10-12-15/h9-12,14,17H,3-8,16H2,1-2H3. The van der Waals surface area contributed by atoms with Crippen molar-refractivity contribution in [1.29, 1.82) is 0 Å². The van der Waals surface area contributed by atoms with Crippen molar-refractivity contribution in [2.45, 2.75) is 58.4 Å². The molecule has 96 valence electrons. The molecule has 0 saturated carbocycles. The molecule has 0 saturated heterocycles. The highest BCUT2D eigenvalue weighted by Gasteiger charge is 2.05. The van der Waals surface area contributed by atoms with E-state index in [0.717, 1.165) is 5.69 Å². The van der Waals surface area contributed by atoms with Crippen LogP contribution in [-0.2, 0) is 0 Å². The molecule has 3 N–H and O–H groups in total. The van der Waals surface area contributed by atoms with Gasteiger partial charge >= 0.3 is 0 Å². The lowest BCUT2D eigenvalue weighted by Crippen LogP contribution is -2.18. The van der Waals surface area contributed by atoms with E-state index < -0.39 is 0 Å². The first-order valence-corrected chi connectivity index (χ1v) is 6.88. The fourth-order valence-corrected chi connectivity index (χ4v) is 2.01. The number of unbranched alkanes of at least 4 members (excludes halogenated alkanes) is 3. The van der Waals surface area contributed by atoms with E-state index in [9.17, 15) is 0 Å². The smallest absolute Gasteiger partial charge is 0.0343 e. The summed E-state index contributed by atoms with van der Waals surface area (Å²) in [7, 11) is 0. The normalized spacial score (nSPS) is 12.4. The quantitative estimate of drug-likeness (QED) is 0.516. The number of hydrogen-bond donors (Lipinski definition) is 2. The molecule has 0 amide bonds. The molecule has 0 fully saturated rings. The molecule has 0 aliphatic carbocycles. The van der Waals surface area contributed by atoms with Gasteiger partial charge in [0.2, 0.25) is 0 Å². The van der Waals surface area contributed by atoms with Crippen LogP contribution in [0.2, 0.25) is 0 Å². The Bertz CT molecular complexity index is 292. The van der Waals surface area contributed by atoms with Gasteiger partial charge in [0, 0.05) is 17.4 Å². The maximum absolute atomic E-state index is 5.68. The molecule has 0 aromatic heterocycles. The van der Waals surface area contributed by atoms with Crippen molar-refractivity contribution < 1.29 is 0 Å². The van der Waals surface area contributed by atoms with Crippen LogP contribution in [0.1, 0.15) is 52.4 Å². The summed E-state index contributed by atoms with van der Waals surface area (Å²) >= 11 is 0. The number of benzene rings is 1. The zero-order chi connectivity index (χ0) is 12.5. The van der Waals surface area contributed by atoms with Gasteiger partial charge in [0.1, 0.15) is 0 Å². The van der Waals surface area contributed by atoms with Crippen LogP contribution >= 0.6 is 0 Å². The summed E-state index contributed by atoms with van der Waals surface area (Å²) in [5, 5.41) is 3.58. The van der Waals surface area contributed by atoms with Crippen molar-refractivity contribution in [3.63, 3.8) is 0 Å². The summed E-state index contributed by atoms with van der Waals surface area (Å²) in [6, 6.07) is 8.61. The van der Waals surface area contributed by atoms with Gasteiger partial charge in [-0.1, -0.05) is 39.5 Å². The average Bonchev–Trinajstić information content (AvgIpc) is 2.35. The minimum atomic E-state index is 0.593. The summed E-state index contributed by atoms with van der Waals surface area (Å²) in [6.07, 6.45) is 7.79. The Hall–Kier alpha value is -1.18. The van der Waals surface area contributed by atoms with Crippen LogP contribution in [0.4, 0.5) is 11.4 Å². The highest BCUT2D eigenvalue weighted by molar-refractivity contribution is 5.51. The molecule has 0 spiro atoms. The van der Waals surface area contributed by atoms with E-state index in [2.05, 4.69) is 31.3 Å². The van der Waals surface area contributed by atoms with E-state index in [1.165, 1.54) is 44.2 Å². The van der Waals surface area contributed by atoms with Crippen molar-refractivity contribution in [2.75, 3.05) is 11.1 Å². The molecule has 2 heteroatoms. The Labute approximate surface area is 106 Å². The molecule has 2 nitrogen and oxygen atoms in total. The van der Waals surface area contributed by atoms with Crippen LogP contribution < -0.4 is 11.1 Å². The van der Waals surface area contributed by atoms with Gasteiger partial charge in [-0.2, -0.15) is 0 Å². The molecular weight excluding hydrogens is 208 g/mol. The number of hydrogen-bond acceptors (Lipinski definition) is 2. The maximum atomic E-state index is 5.68. The second-order valence-electron chi connectivity index (χ2n) is 4.72. The van der Waals surface area contributed by atoms with Crippen LogP contribution in [0, 0.1) is 0 Å². The molecular formula is C15H26N2. The minimum absolute atomic E-state index is 0.593. The molecule has 1 aromatic carbocycles. The SMILES string of the molecule is CCCCCCC(CC)Nc1ccc(N)cc1. The molecule has 0 aliphatic heterocycles. The van der Waals surface area contributed by atoms with Crippen molar-refractivity contribution in [3.8, 4) is 0 Å². The molecule has 0 bridgehead atoms. The van der Waals surface area contributed by atoms with Crippen LogP contribution in [0.3, 0.4) is 0 Å². The van der Waals surface area contributed by atoms with Crippen molar-refractivity contribution in [1.82, 2.24) is 0 Å². The minimum Gasteiger partial charge on any atom is -0.399 e. The Kier molecular flexibility index (Phi) is 6.53. The highest BCUT2D eigenvalue weighted by atomic mass is 14.9. The van der Waals surface area contributed by atoms with Gasteiger partial charge in [0.25, 0.3) is 0 Å². The predicted octanol–water partition coefficient (Wildman–Crippen LogP) is 4.43. The maximum Gasteiger partial charge on any atom is 0.0343 e. The van der Waals surface area contributed by atoms with Crippen molar-refractivity contribution >= 4 is 11.4 Å². The molecule has 1 rings (SSSR count). The Morgan fingerprint density at radius 3 is 2.35 bits per heavy atom. The molecule has 0 radical (unpaired) electrons. The third kappa shape index (κ3) is 5.62. The molecule has 0 heterocycles. The average molecular weight is 234 g/mol. The third-order valence-electron chi connectivity index (χ3n) is 3.18. The molecule has 17 heavy (non-hydrogen) atoms. The largest absolute Gasteiger partial charge is 0.399 e. The van der Waals surface area contributed by atoms with Crippen LogP contribution in [0.25, 0.3) is 0 Å². The van der Waals surface area contributed by atoms with Crippen LogP contribution in [0.15, 0.2) is 24.3 Å². The van der Waals surface area contributed by atoms with Crippen molar-refractivity contribution in [3.05, 3.63) is 24.3 Å². The van der Waals surface area contributed by atoms with Gasteiger partial charge in [-0.3, -0.25) is 0 Å². The first kappa shape index (κ1) is 13.9. The monoisotopic (exact) mass is 234 g/mol. The lowest BCUT2D eigenvalue weighted by molar-refractivity contribution is 0.561. The number of nitrogens with two attached hydrogens (primary N) is 1. The zero-order valence-corrected chi connectivity index (χ0v) is 11.2. The van der Waals surface area contributed by atoms with Crippen molar-refractivity contribution in [2.24, 2.45) is 0 Å². The van der Waals surface area contributed by atoms with Crippen LogP contribution in [0.5, 0.6) is 0 Å². The van der Waals surface area contributed by atoms with E-state index in [-0.39, 0.29) is 0 Å². The highest BCUT2D eigenvalue weighted by Crippen LogP contribution is 2.16. The Morgan fingerprint density at radius 1 is 1.06 bits per heavy atom. The Morgan fingerprint density at radius 2 is 1.76 bits per heavy atom. The number of anilines is 2. The van der Waals surface area contributed by atoms with E-state index in [1.807, 2.05) is 12.1 Å². The lowest BCUT2D eigenvalue weighted by Gasteiger charge is -2.18. The van der Waals surface area contributed by atoms with Gasteiger partial charge in [0.05, 0.1) is 0 Å². The van der Waals surface area contributed by atoms with Gasteiger partial charge in [-0.15, -0.1) is 0 Å². The molecule has 1 atom stereocenters. The first-order chi connectivity index (χ1) is 8.26. The second kappa shape index (κ2) is 7.99. The first-order valence-electron chi connectivity index (χ1n) is 6.88. The summed E-state index contributed by atoms with van der Waals surface area (Å²) < 4.78 is 0.